The van der Waals surface area contributed by atoms with Crippen molar-refractivity contribution in [3.63, 3.8) is 0 Å². The Morgan fingerprint density at radius 3 is 2.53 bits per heavy atom. The molecule has 8 nitrogen and oxygen atoms in total. The number of esters is 1. The summed E-state index contributed by atoms with van der Waals surface area (Å²) in [6, 6.07) is 19.7. The maximum absolute atomic E-state index is 13.2. The molecule has 34 heavy (non-hydrogen) atoms. The Morgan fingerprint density at radius 1 is 1.00 bits per heavy atom. The van der Waals surface area contributed by atoms with Crippen LogP contribution >= 0.6 is 0 Å². The second kappa shape index (κ2) is 9.96. The fourth-order valence-corrected chi connectivity index (χ4v) is 5.29. The summed E-state index contributed by atoms with van der Waals surface area (Å²) in [5.41, 5.74) is 2.32. The number of fused-ring (bicyclic) bond motifs is 1. The van der Waals surface area contributed by atoms with Crippen LogP contribution in [0.1, 0.15) is 22.3 Å². The number of methoxy groups -OCH3 is 1. The predicted molar refractivity (Wildman–Crippen MR) is 128 cm³/mol. The number of benzene rings is 3. The fraction of sp³-hybridized carbons (Fsp3) is 0.200. The number of carbonyl (C=O) groups is 2. The Bertz CT molecular complexity index is 1300. The summed E-state index contributed by atoms with van der Waals surface area (Å²) >= 11 is 0. The van der Waals surface area contributed by atoms with Gasteiger partial charge in [-0.25, -0.2) is 13.2 Å². The smallest absolute Gasteiger partial charge is 0.338 e. The zero-order valence-electron chi connectivity index (χ0n) is 18.6. The van der Waals surface area contributed by atoms with Crippen LogP contribution < -0.4 is 14.4 Å². The van der Waals surface area contributed by atoms with Gasteiger partial charge < -0.3 is 14.8 Å². The molecule has 1 heterocycles. The van der Waals surface area contributed by atoms with Crippen LogP contribution in [0.4, 0.5) is 11.4 Å². The highest BCUT2D eigenvalue weighted by Crippen LogP contribution is 2.31. The maximum atomic E-state index is 13.2. The van der Waals surface area contributed by atoms with E-state index in [1.807, 2.05) is 18.2 Å². The van der Waals surface area contributed by atoms with Gasteiger partial charge in [0.2, 0.25) is 0 Å². The molecule has 1 amide bonds. The molecular formula is C25H24N2O6S. The molecule has 0 saturated heterocycles. The Hall–Kier alpha value is -3.85. The molecule has 0 atom stereocenters. The largest absolute Gasteiger partial charge is 0.497 e. The van der Waals surface area contributed by atoms with E-state index in [1.165, 1.54) is 35.7 Å². The number of nitrogens with one attached hydrogen (secondary N) is 1. The molecule has 1 aliphatic heterocycles. The Morgan fingerprint density at radius 2 is 1.76 bits per heavy atom. The monoisotopic (exact) mass is 480 g/mol. The van der Waals surface area contributed by atoms with Crippen molar-refractivity contribution in [1.82, 2.24) is 0 Å². The molecule has 176 valence electrons. The minimum atomic E-state index is -3.78. The zero-order chi connectivity index (χ0) is 24.1. The predicted octanol–water partition coefficient (Wildman–Crippen LogP) is 3.63. The lowest BCUT2D eigenvalue weighted by Gasteiger charge is -2.30. The summed E-state index contributed by atoms with van der Waals surface area (Å²) in [4.78, 5) is 24.5. The third-order valence-corrected chi connectivity index (χ3v) is 7.26. The molecule has 0 spiro atoms. The van der Waals surface area contributed by atoms with Crippen molar-refractivity contribution >= 4 is 33.3 Å². The first kappa shape index (κ1) is 23.3. The molecule has 1 N–H and O–H groups in total. The molecule has 0 aliphatic carbocycles. The highest BCUT2D eigenvalue weighted by molar-refractivity contribution is 7.92. The van der Waals surface area contributed by atoms with E-state index >= 15 is 0 Å². The van der Waals surface area contributed by atoms with Gasteiger partial charge in [0.15, 0.2) is 6.61 Å². The van der Waals surface area contributed by atoms with Crippen LogP contribution in [0.3, 0.4) is 0 Å². The van der Waals surface area contributed by atoms with Crippen molar-refractivity contribution in [3.05, 3.63) is 83.9 Å². The van der Waals surface area contributed by atoms with Gasteiger partial charge in [-0.1, -0.05) is 24.3 Å². The minimum Gasteiger partial charge on any atom is -0.497 e. The molecule has 0 bridgehead atoms. The van der Waals surface area contributed by atoms with Crippen molar-refractivity contribution in [1.29, 1.82) is 0 Å². The van der Waals surface area contributed by atoms with Crippen LogP contribution in [0.15, 0.2) is 77.7 Å². The number of aryl methyl sites for hydroxylation is 1. The molecule has 3 aromatic carbocycles. The molecule has 1 aliphatic rings. The molecule has 0 saturated carbocycles. The number of ether oxygens (including phenoxy) is 2. The summed E-state index contributed by atoms with van der Waals surface area (Å²) in [6.45, 7) is -0.0911. The molecule has 0 radical (unpaired) electrons. The van der Waals surface area contributed by atoms with Crippen molar-refractivity contribution in [2.75, 3.05) is 29.9 Å². The van der Waals surface area contributed by atoms with Gasteiger partial charge in [-0.3, -0.25) is 9.10 Å². The van der Waals surface area contributed by atoms with Crippen molar-refractivity contribution < 1.29 is 27.5 Å². The molecule has 0 fully saturated rings. The van der Waals surface area contributed by atoms with E-state index in [2.05, 4.69) is 5.32 Å². The van der Waals surface area contributed by atoms with Gasteiger partial charge in [-0.15, -0.1) is 0 Å². The standard InChI is InChI=1S/C25H24N2O6S/c1-32-21-9-4-8-20(16-21)26-24(28)17-33-25(29)19-11-13-22(14-12-19)34(30,31)27-15-5-7-18-6-2-3-10-23(18)27/h2-4,6,8-14,16H,5,7,15,17H2,1H3,(H,26,28). The second-order valence-electron chi connectivity index (χ2n) is 7.69. The summed E-state index contributed by atoms with van der Waals surface area (Å²) < 4.78 is 38.0. The average molecular weight is 481 g/mol. The molecule has 0 unspecified atom stereocenters. The first-order chi connectivity index (χ1) is 16.4. The van der Waals surface area contributed by atoms with E-state index in [0.717, 1.165) is 18.4 Å². The molecule has 9 heteroatoms. The average Bonchev–Trinajstić information content (AvgIpc) is 2.87. The highest BCUT2D eigenvalue weighted by atomic mass is 32.2. The lowest BCUT2D eigenvalue weighted by molar-refractivity contribution is -0.119. The number of rotatable bonds is 7. The van der Waals surface area contributed by atoms with Gasteiger partial charge in [0.1, 0.15) is 5.75 Å². The number of sulfonamides is 1. The van der Waals surface area contributed by atoms with E-state index in [1.54, 1.807) is 30.3 Å². The van der Waals surface area contributed by atoms with Gasteiger partial charge >= 0.3 is 5.97 Å². The third kappa shape index (κ3) is 5.04. The summed E-state index contributed by atoms with van der Waals surface area (Å²) in [5.74, 6) is -0.657. The van der Waals surface area contributed by atoms with Gasteiger partial charge in [0, 0.05) is 18.3 Å². The van der Waals surface area contributed by atoms with E-state index in [0.29, 0.717) is 23.7 Å². The van der Waals surface area contributed by atoms with Gasteiger partial charge in [0.05, 0.1) is 23.3 Å². The molecule has 0 aromatic heterocycles. The van der Waals surface area contributed by atoms with Crippen LogP contribution in [0.2, 0.25) is 0 Å². The third-order valence-electron chi connectivity index (χ3n) is 5.43. The number of anilines is 2. The maximum Gasteiger partial charge on any atom is 0.338 e. The SMILES string of the molecule is COc1cccc(NC(=O)COC(=O)c2ccc(S(=O)(=O)N3CCCc4ccccc43)cc2)c1. The van der Waals surface area contributed by atoms with Gasteiger partial charge in [0.25, 0.3) is 15.9 Å². The van der Waals surface area contributed by atoms with Crippen molar-refractivity contribution in [2.45, 2.75) is 17.7 Å². The van der Waals surface area contributed by atoms with Gasteiger partial charge in [-0.2, -0.15) is 0 Å². The van der Waals surface area contributed by atoms with E-state index in [4.69, 9.17) is 9.47 Å². The fourth-order valence-electron chi connectivity index (χ4n) is 3.75. The lowest BCUT2D eigenvalue weighted by atomic mass is 10.0. The number of carbonyl (C=O) groups excluding carboxylic acids is 2. The van der Waals surface area contributed by atoms with Gasteiger partial charge in [-0.05, 0) is 60.9 Å². The molecular weight excluding hydrogens is 456 g/mol. The second-order valence-corrected chi connectivity index (χ2v) is 9.55. The number of nitrogens with zero attached hydrogens (tertiary/aromatic N) is 1. The van der Waals surface area contributed by atoms with Crippen LogP contribution in [0, 0.1) is 0 Å². The first-order valence-corrected chi connectivity index (χ1v) is 12.1. The zero-order valence-corrected chi connectivity index (χ0v) is 19.4. The Kier molecular flexibility index (Phi) is 6.83. The Balaban J connectivity index is 1.39. The highest BCUT2D eigenvalue weighted by Gasteiger charge is 2.29. The van der Waals surface area contributed by atoms with Crippen molar-refractivity contribution in [3.8, 4) is 5.75 Å². The van der Waals surface area contributed by atoms with Crippen LogP contribution in [-0.4, -0.2) is 40.6 Å². The van der Waals surface area contributed by atoms with E-state index < -0.39 is 28.5 Å². The van der Waals surface area contributed by atoms with Crippen LogP contribution in [0.5, 0.6) is 5.75 Å². The summed E-state index contributed by atoms with van der Waals surface area (Å²) in [7, 11) is -2.26. The summed E-state index contributed by atoms with van der Waals surface area (Å²) in [5, 5.41) is 2.62. The number of para-hydroxylation sites is 1. The minimum absolute atomic E-state index is 0.0801. The quantitative estimate of drug-likeness (QED) is 0.518. The lowest BCUT2D eigenvalue weighted by Crippen LogP contribution is -2.35. The Labute approximate surface area is 198 Å². The topological polar surface area (TPSA) is 102 Å². The number of hydrogen-bond acceptors (Lipinski definition) is 6. The first-order valence-electron chi connectivity index (χ1n) is 10.7. The summed E-state index contributed by atoms with van der Waals surface area (Å²) in [6.07, 6.45) is 1.57. The number of hydrogen-bond donors (Lipinski definition) is 1. The molecule has 3 aromatic rings. The number of amides is 1. The van der Waals surface area contributed by atoms with E-state index in [9.17, 15) is 18.0 Å². The normalized spacial score (nSPS) is 13.0. The van der Waals surface area contributed by atoms with Crippen LogP contribution in [0.25, 0.3) is 0 Å². The van der Waals surface area contributed by atoms with Crippen LogP contribution in [-0.2, 0) is 26.0 Å². The van der Waals surface area contributed by atoms with Crippen molar-refractivity contribution in [2.24, 2.45) is 0 Å². The molecule has 4 rings (SSSR count). The van der Waals surface area contributed by atoms with E-state index in [-0.39, 0.29) is 10.5 Å².